The second kappa shape index (κ2) is 13.8. The lowest BCUT2D eigenvalue weighted by Gasteiger charge is -2.33. The van der Waals surface area contributed by atoms with E-state index in [1.807, 2.05) is 42.6 Å². The Morgan fingerprint density at radius 3 is 2.52 bits per heavy atom. The van der Waals surface area contributed by atoms with E-state index in [-0.39, 0.29) is 54.1 Å². The predicted molar refractivity (Wildman–Crippen MR) is 174 cm³/mol. The first-order valence-electron chi connectivity index (χ1n) is 15.9. The van der Waals surface area contributed by atoms with Crippen molar-refractivity contribution in [1.29, 1.82) is 0 Å². The molecule has 0 spiro atoms. The van der Waals surface area contributed by atoms with Gasteiger partial charge in [0.15, 0.2) is 5.82 Å². The van der Waals surface area contributed by atoms with E-state index in [1.54, 1.807) is 12.3 Å². The molecule has 3 aromatic heterocycles. The van der Waals surface area contributed by atoms with Crippen molar-refractivity contribution in [3.8, 4) is 11.7 Å². The van der Waals surface area contributed by atoms with Crippen LogP contribution in [0.5, 0.6) is 5.88 Å². The fourth-order valence-electron chi connectivity index (χ4n) is 5.85. The second-order valence-electron chi connectivity index (χ2n) is 14.0. The van der Waals surface area contributed by atoms with Crippen molar-refractivity contribution in [3.05, 3.63) is 47.4 Å². The molecule has 1 N–H and O–H groups in total. The van der Waals surface area contributed by atoms with Gasteiger partial charge in [0.2, 0.25) is 5.88 Å². The highest BCUT2D eigenvalue weighted by Gasteiger charge is 2.62. The van der Waals surface area contributed by atoms with Gasteiger partial charge in [0, 0.05) is 49.0 Å². The van der Waals surface area contributed by atoms with Crippen LogP contribution in [0.2, 0.25) is 5.15 Å². The molecule has 3 aromatic rings. The van der Waals surface area contributed by atoms with Crippen molar-refractivity contribution >= 4 is 35.5 Å². The first-order valence-corrected chi connectivity index (χ1v) is 17.1. The number of aromatic nitrogens is 5. The zero-order valence-corrected chi connectivity index (χ0v) is 29.2. The summed E-state index contributed by atoms with van der Waals surface area (Å²) >= 11 is 7.38. The number of nitrogens with zero attached hydrogens (tertiary/aromatic N) is 6. The van der Waals surface area contributed by atoms with Crippen LogP contribution in [0.1, 0.15) is 83.5 Å². The van der Waals surface area contributed by atoms with Crippen LogP contribution in [0.25, 0.3) is 5.82 Å². The summed E-state index contributed by atoms with van der Waals surface area (Å²) in [6.45, 7) is 11.0. The van der Waals surface area contributed by atoms with Gasteiger partial charge in [-0.3, -0.25) is 14.2 Å². The molecule has 1 atom stereocenters. The molecule has 2 fully saturated rings. The molecule has 262 valence electrons. The van der Waals surface area contributed by atoms with E-state index in [1.165, 1.54) is 16.8 Å². The summed E-state index contributed by atoms with van der Waals surface area (Å²) in [4.78, 5) is 31.6. The van der Waals surface area contributed by atoms with Crippen molar-refractivity contribution in [2.45, 2.75) is 102 Å². The molecule has 16 heteroatoms. The normalized spacial score (nSPS) is 18.5. The van der Waals surface area contributed by atoms with E-state index >= 15 is 0 Å². The number of amides is 2. The molecule has 2 aliphatic rings. The number of likely N-dealkylation sites (tertiary alicyclic amines) is 1. The third-order valence-corrected chi connectivity index (χ3v) is 9.60. The quantitative estimate of drug-likeness (QED) is 0.152. The first kappa shape index (κ1) is 35.8. The van der Waals surface area contributed by atoms with Gasteiger partial charge in [-0.2, -0.15) is 18.3 Å². The zero-order chi connectivity index (χ0) is 34.9. The summed E-state index contributed by atoms with van der Waals surface area (Å²) in [6.07, 6.45) is 1.76. The summed E-state index contributed by atoms with van der Waals surface area (Å²) in [5.41, 5.74) is -2.28. The molecule has 0 aromatic carbocycles. The number of alkyl halides is 3. The number of halogens is 4. The highest BCUT2D eigenvalue weighted by molar-refractivity contribution is 7.97. The Morgan fingerprint density at radius 1 is 1.10 bits per heavy atom. The topological polar surface area (TPSA) is 116 Å². The number of rotatable bonds is 12. The van der Waals surface area contributed by atoms with Crippen LogP contribution in [0.4, 0.5) is 18.0 Å². The Bertz CT molecular complexity index is 1620. The molecular formula is C32H41ClF3N7O4S. The van der Waals surface area contributed by atoms with E-state index in [0.717, 1.165) is 31.2 Å². The minimum Gasteiger partial charge on any atom is -0.477 e. The van der Waals surface area contributed by atoms with Gasteiger partial charge >= 0.3 is 12.3 Å². The number of ether oxygens (including phenoxy) is 2. The van der Waals surface area contributed by atoms with Crippen LogP contribution in [-0.4, -0.2) is 71.9 Å². The van der Waals surface area contributed by atoms with Crippen molar-refractivity contribution in [3.63, 3.8) is 0 Å². The predicted octanol–water partition coefficient (Wildman–Crippen LogP) is 7.48. The lowest BCUT2D eigenvalue weighted by Crippen LogP contribution is -2.45. The smallest absolute Gasteiger partial charge is 0.410 e. The Balaban J connectivity index is 1.05. The van der Waals surface area contributed by atoms with Gasteiger partial charge in [-0.15, -0.1) is 5.10 Å². The molecule has 1 saturated carbocycles. The molecule has 2 amide bonds. The monoisotopic (exact) mass is 711 g/mol. The number of nitrogens with one attached hydrogen (secondary N) is 1. The summed E-state index contributed by atoms with van der Waals surface area (Å²) < 4.78 is 56.4. The van der Waals surface area contributed by atoms with Gasteiger partial charge in [-0.25, -0.2) is 14.5 Å². The number of aryl methyl sites for hydroxylation is 1. The average molecular weight is 712 g/mol. The van der Waals surface area contributed by atoms with Crippen LogP contribution < -0.4 is 9.46 Å². The van der Waals surface area contributed by atoms with Gasteiger partial charge in [0.1, 0.15) is 15.8 Å². The van der Waals surface area contributed by atoms with Gasteiger partial charge in [-0.05, 0) is 97.3 Å². The molecule has 11 nitrogen and oxygen atoms in total. The van der Waals surface area contributed by atoms with Crippen molar-refractivity contribution in [1.82, 2.24) is 34.2 Å². The van der Waals surface area contributed by atoms with Gasteiger partial charge in [0.25, 0.3) is 5.91 Å². The zero-order valence-electron chi connectivity index (χ0n) is 27.6. The van der Waals surface area contributed by atoms with Crippen LogP contribution in [0.3, 0.4) is 0 Å². The largest absolute Gasteiger partial charge is 0.477 e. The Morgan fingerprint density at radius 2 is 1.85 bits per heavy atom. The number of carbonyl (C=O) groups is 2. The highest BCUT2D eigenvalue weighted by Crippen LogP contribution is 2.59. The number of pyridine rings is 1. The Kier molecular flexibility index (Phi) is 10.3. The molecule has 1 aliphatic carbocycles. The Hall–Kier alpha value is -3.46. The van der Waals surface area contributed by atoms with E-state index in [9.17, 15) is 22.8 Å². The number of hydrogen-bond donors (Lipinski definition) is 1. The average Bonchev–Trinajstić information content (AvgIpc) is 3.28. The minimum absolute atomic E-state index is 0.0460. The Labute approximate surface area is 287 Å². The van der Waals surface area contributed by atoms with Crippen LogP contribution >= 0.6 is 23.5 Å². The van der Waals surface area contributed by atoms with E-state index in [4.69, 9.17) is 21.1 Å². The van der Waals surface area contributed by atoms with Gasteiger partial charge < -0.3 is 14.4 Å². The summed E-state index contributed by atoms with van der Waals surface area (Å²) in [5.74, 6) is 0.387. The third-order valence-electron chi connectivity index (χ3n) is 8.60. The molecule has 4 heterocycles. The molecule has 0 radical (unpaired) electrons. The number of carbonyl (C=O) groups excluding carboxylic acids is 2. The maximum atomic E-state index is 13.1. The van der Waals surface area contributed by atoms with Crippen LogP contribution in [0.15, 0.2) is 41.7 Å². The summed E-state index contributed by atoms with van der Waals surface area (Å²) in [6, 6.07) is 6.39. The molecule has 1 unspecified atom stereocenters. The standard InChI is InChI=1S/C32H41ClF3N7O4S/c1-29(2,3)47-28(45)42-20-21(19-30(42,4)5)7-6-15-41-16-11-25(39-41)48-40-27(44)22-8-9-23(37-26(22)33)43-17-10-24(38-43)46-18-14-31(12-13-31)32(34,35)36/h8-11,16-17,21H,6-7,12-15,18-20H2,1-5H3,(H,40,44). The van der Waals surface area contributed by atoms with Gasteiger partial charge in [-0.1, -0.05) is 11.6 Å². The van der Waals surface area contributed by atoms with Crippen molar-refractivity contribution in [2.75, 3.05) is 13.2 Å². The molecule has 1 saturated heterocycles. The van der Waals surface area contributed by atoms with Crippen molar-refractivity contribution in [2.24, 2.45) is 11.3 Å². The third kappa shape index (κ3) is 8.76. The van der Waals surface area contributed by atoms with Crippen molar-refractivity contribution < 1.29 is 32.2 Å². The lowest BCUT2D eigenvalue weighted by molar-refractivity contribution is -0.190. The molecule has 1 aliphatic heterocycles. The van der Waals surface area contributed by atoms with Crippen LogP contribution in [-0.2, 0) is 11.3 Å². The van der Waals surface area contributed by atoms with E-state index < -0.39 is 23.1 Å². The summed E-state index contributed by atoms with van der Waals surface area (Å²) in [5, 5.41) is 9.30. The highest BCUT2D eigenvalue weighted by atomic mass is 35.5. The maximum absolute atomic E-state index is 13.1. The molecular weight excluding hydrogens is 671 g/mol. The molecule has 0 bridgehead atoms. The van der Waals surface area contributed by atoms with E-state index in [2.05, 4.69) is 33.8 Å². The summed E-state index contributed by atoms with van der Waals surface area (Å²) in [7, 11) is 0. The fourth-order valence-corrected chi connectivity index (χ4v) is 6.66. The van der Waals surface area contributed by atoms with E-state index in [0.29, 0.717) is 29.9 Å². The fraction of sp³-hybridized carbons (Fsp3) is 0.594. The molecule has 5 rings (SSSR count). The second-order valence-corrected chi connectivity index (χ2v) is 15.2. The van der Waals surface area contributed by atoms with Gasteiger partial charge in [0.05, 0.1) is 17.6 Å². The lowest BCUT2D eigenvalue weighted by atomic mass is 9.93. The number of hydrogen-bond acceptors (Lipinski definition) is 8. The maximum Gasteiger partial charge on any atom is 0.410 e. The SMILES string of the molecule is CC(C)(C)OC(=O)N1CC(CCCn2ccc(SNC(=O)c3ccc(-n4ccc(OCCC5(C(F)(F)F)CC5)n4)nc3Cl)n2)CC1(C)C. The van der Waals surface area contributed by atoms with Crippen LogP contribution in [0, 0.1) is 11.3 Å². The first-order chi connectivity index (χ1) is 22.4. The minimum atomic E-state index is -4.23. The molecule has 48 heavy (non-hydrogen) atoms.